The summed E-state index contributed by atoms with van der Waals surface area (Å²) in [7, 11) is 3.59. The second-order valence-electron chi connectivity index (χ2n) is 7.91. The van der Waals surface area contributed by atoms with E-state index < -0.39 is 0 Å². The third-order valence-corrected chi connectivity index (χ3v) is 5.23. The number of H-pyrrole nitrogens is 1. The Balaban J connectivity index is 0.000000167. The Labute approximate surface area is 196 Å². The van der Waals surface area contributed by atoms with Crippen molar-refractivity contribution >= 4 is 16.9 Å². The highest BCUT2D eigenvalue weighted by atomic mass is 16.2. The normalized spacial score (nSPS) is 12.8. The molecule has 3 heterocycles. The quantitative estimate of drug-likeness (QED) is 0.452. The number of benzene rings is 2. The molecule has 0 aliphatic carbocycles. The number of nitrogens with zero attached hydrogens (tertiary/aromatic N) is 2. The average molecular weight is 444 g/mol. The molecule has 6 nitrogen and oxygen atoms in total. The zero-order valence-electron chi connectivity index (χ0n) is 19.4. The summed E-state index contributed by atoms with van der Waals surface area (Å²) in [5, 5.41) is 7.61. The number of fused-ring (bicyclic) bond motifs is 1. The van der Waals surface area contributed by atoms with Crippen LogP contribution in [0, 0.1) is 0 Å². The summed E-state index contributed by atoms with van der Waals surface area (Å²) < 4.78 is 0. The van der Waals surface area contributed by atoms with Gasteiger partial charge in [0.15, 0.2) is 0 Å². The molecule has 0 saturated carbocycles. The molecular formula is C27H33N5O. The van der Waals surface area contributed by atoms with Crippen LogP contribution in [0.1, 0.15) is 17.0 Å². The number of hydrogen-bond donors (Lipinski definition) is 3. The van der Waals surface area contributed by atoms with E-state index >= 15 is 0 Å². The van der Waals surface area contributed by atoms with Crippen molar-refractivity contribution in [1.82, 2.24) is 25.5 Å². The minimum atomic E-state index is -0.220. The number of pyridine rings is 1. The van der Waals surface area contributed by atoms with Crippen molar-refractivity contribution in [3.8, 4) is 0 Å². The lowest BCUT2D eigenvalue weighted by atomic mass is 9.90. The highest BCUT2D eigenvalue weighted by molar-refractivity contribution is 5.86. The highest BCUT2D eigenvalue weighted by Gasteiger charge is 2.23. The van der Waals surface area contributed by atoms with Gasteiger partial charge in [-0.05, 0) is 29.3 Å². The molecule has 172 valence electrons. The summed E-state index contributed by atoms with van der Waals surface area (Å²) >= 11 is 0. The van der Waals surface area contributed by atoms with Crippen LogP contribution < -0.4 is 10.6 Å². The predicted molar refractivity (Wildman–Crippen MR) is 135 cm³/mol. The molecule has 1 amide bonds. The van der Waals surface area contributed by atoms with Crippen LogP contribution in [-0.4, -0.2) is 61.0 Å². The lowest BCUT2D eigenvalue weighted by molar-refractivity contribution is -0.129. The molecule has 0 atom stereocenters. The van der Waals surface area contributed by atoms with Crippen LogP contribution in [0.3, 0.4) is 0 Å². The molecule has 1 saturated heterocycles. The summed E-state index contributed by atoms with van der Waals surface area (Å²) in [5.74, 6) is -0.116. The van der Waals surface area contributed by atoms with Crippen molar-refractivity contribution < 1.29 is 4.79 Å². The number of rotatable bonds is 3. The van der Waals surface area contributed by atoms with E-state index in [1.54, 1.807) is 25.2 Å². The molecule has 4 aromatic rings. The Morgan fingerprint density at radius 3 is 1.79 bits per heavy atom. The van der Waals surface area contributed by atoms with Crippen molar-refractivity contribution in [2.75, 3.05) is 40.3 Å². The number of carbonyl (C=O) groups excluding carboxylic acids is 1. The molecule has 33 heavy (non-hydrogen) atoms. The summed E-state index contributed by atoms with van der Waals surface area (Å²) in [6.45, 7) is 4.56. The zero-order chi connectivity index (χ0) is 23.3. The van der Waals surface area contributed by atoms with E-state index in [-0.39, 0.29) is 11.8 Å². The van der Waals surface area contributed by atoms with Crippen molar-refractivity contribution in [1.29, 1.82) is 0 Å². The van der Waals surface area contributed by atoms with Crippen molar-refractivity contribution in [3.63, 3.8) is 0 Å². The SMILES string of the molecule is C1CNCCN1.CN(C)C(=O)C(c1ccccc1)c1ccccc1.c1cnc2[nH]ccc2c1. The fourth-order valence-corrected chi connectivity index (χ4v) is 3.51. The topological polar surface area (TPSA) is 73.0 Å². The minimum absolute atomic E-state index is 0.104. The number of hydrogen-bond acceptors (Lipinski definition) is 4. The first-order chi connectivity index (χ1) is 16.2. The largest absolute Gasteiger partial charge is 0.348 e. The van der Waals surface area contributed by atoms with Gasteiger partial charge in [0.2, 0.25) is 5.91 Å². The molecule has 3 N–H and O–H groups in total. The molecule has 1 fully saturated rings. The van der Waals surface area contributed by atoms with Gasteiger partial charge in [-0.1, -0.05) is 60.7 Å². The van der Waals surface area contributed by atoms with Crippen molar-refractivity contribution in [3.05, 3.63) is 102 Å². The number of aromatic amines is 1. The van der Waals surface area contributed by atoms with Gasteiger partial charge in [0.25, 0.3) is 0 Å². The zero-order valence-corrected chi connectivity index (χ0v) is 19.4. The maximum atomic E-state index is 12.4. The van der Waals surface area contributed by atoms with E-state index in [0.717, 1.165) is 48.3 Å². The van der Waals surface area contributed by atoms with Gasteiger partial charge in [-0.15, -0.1) is 0 Å². The lowest BCUT2D eigenvalue weighted by Crippen LogP contribution is -2.39. The number of amides is 1. The standard InChI is InChI=1S/C16H17NO.C7H6N2.C4H10N2/c1-17(2)16(18)15(13-9-5-3-6-10-13)14-11-7-4-8-12-14;1-2-6-3-5-9-7(6)8-4-1;1-2-6-4-3-5-1/h3-12,15H,1-2H3;1-5H,(H,8,9);5-6H,1-4H2. The second kappa shape index (κ2) is 13.2. The summed E-state index contributed by atoms with van der Waals surface area (Å²) in [4.78, 5) is 21.1. The number of aromatic nitrogens is 2. The van der Waals surface area contributed by atoms with Crippen LogP contribution in [0.25, 0.3) is 11.0 Å². The predicted octanol–water partition coefficient (Wildman–Crippen LogP) is 3.65. The third-order valence-electron chi connectivity index (χ3n) is 5.23. The van der Waals surface area contributed by atoms with Crippen LogP contribution in [0.15, 0.2) is 91.3 Å². The van der Waals surface area contributed by atoms with Gasteiger partial charge in [-0.3, -0.25) is 4.79 Å². The molecule has 0 spiro atoms. The maximum Gasteiger partial charge on any atom is 0.234 e. The Morgan fingerprint density at radius 2 is 1.33 bits per heavy atom. The number of carbonyl (C=O) groups is 1. The number of piperazine rings is 1. The van der Waals surface area contributed by atoms with Crippen LogP contribution in [0.4, 0.5) is 0 Å². The number of likely N-dealkylation sites (N-methyl/N-ethyl adjacent to an activating group) is 1. The molecule has 6 heteroatoms. The Kier molecular flexibility index (Phi) is 9.63. The molecule has 2 aromatic carbocycles. The van der Waals surface area contributed by atoms with Crippen LogP contribution in [0.2, 0.25) is 0 Å². The van der Waals surface area contributed by atoms with Crippen LogP contribution >= 0.6 is 0 Å². The fourth-order valence-electron chi connectivity index (χ4n) is 3.51. The third kappa shape index (κ3) is 7.56. The fraction of sp³-hybridized carbons (Fsp3) is 0.259. The number of nitrogens with one attached hydrogen (secondary N) is 3. The van der Waals surface area contributed by atoms with Crippen molar-refractivity contribution in [2.45, 2.75) is 5.92 Å². The molecule has 5 rings (SSSR count). The first-order valence-electron chi connectivity index (χ1n) is 11.3. The van der Waals surface area contributed by atoms with Crippen LogP contribution in [-0.2, 0) is 4.79 Å². The van der Waals surface area contributed by atoms with E-state index in [9.17, 15) is 4.79 Å². The Bertz CT molecular complexity index is 994. The van der Waals surface area contributed by atoms with Crippen LogP contribution in [0.5, 0.6) is 0 Å². The summed E-state index contributed by atoms with van der Waals surface area (Å²) in [6.07, 6.45) is 3.66. The first kappa shape index (κ1) is 24.2. The monoisotopic (exact) mass is 443 g/mol. The lowest BCUT2D eigenvalue weighted by Gasteiger charge is -2.21. The smallest absolute Gasteiger partial charge is 0.234 e. The summed E-state index contributed by atoms with van der Waals surface area (Å²) in [5.41, 5.74) is 3.02. The second-order valence-corrected chi connectivity index (χ2v) is 7.91. The molecule has 0 unspecified atom stereocenters. The molecule has 0 radical (unpaired) electrons. The molecule has 1 aliphatic rings. The van der Waals surface area contributed by atoms with E-state index in [0.29, 0.717) is 0 Å². The van der Waals surface area contributed by atoms with Gasteiger partial charge < -0.3 is 20.5 Å². The van der Waals surface area contributed by atoms with Crippen molar-refractivity contribution in [2.24, 2.45) is 0 Å². The van der Waals surface area contributed by atoms with Gasteiger partial charge in [0, 0.05) is 58.1 Å². The first-order valence-corrected chi connectivity index (χ1v) is 11.3. The molecule has 1 aliphatic heterocycles. The molecule has 0 bridgehead atoms. The Morgan fingerprint density at radius 1 is 0.788 bits per heavy atom. The van der Waals surface area contributed by atoms with E-state index in [4.69, 9.17) is 0 Å². The highest BCUT2D eigenvalue weighted by Crippen LogP contribution is 2.25. The van der Waals surface area contributed by atoms with E-state index in [1.165, 1.54) is 0 Å². The van der Waals surface area contributed by atoms with Gasteiger partial charge >= 0.3 is 0 Å². The van der Waals surface area contributed by atoms with Gasteiger partial charge in [-0.2, -0.15) is 0 Å². The van der Waals surface area contributed by atoms with E-state index in [1.807, 2.05) is 85.1 Å². The molecule has 2 aromatic heterocycles. The van der Waals surface area contributed by atoms with E-state index in [2.05, 4.69) is 20.6 Å². The Hall–Kier alpha value is -3.48. The minimum Gasteiger partial charge on any atom is -0.348 e. The van der Waals surface area contributed by atoms with Gasteiger partial charge in [0.1, 0.15) is 5.65 Å². The summed E-state index contributed by atoms with van der Waals surface area (Å²) in [6, 6.07) is 25.7. The van der Waals surface area contributed by atoms with Gasteiger partial charge in [-0.25, -0.2) is 4.98 Å². The molecular weight excluding hydrogens is 410 g/mol. The average Bonchev–Trinajstić information content (AvgIpc) is 3.36. The maximum absolute atomic E-state index is 12.4. The van der Waals surface area contributed by atoms with Gasteiger partial charge in [0.05, 0.1) is 5.92 Å².